The van der Waals surface area contributed by atoms with Crippen molar-refractivity contribution in [3.63, 3.8) is 0 Å². The quantitative estimate of drug-likeness (QED) is 0.440. The molecule has 0 radical (unpaired) electrons. The lowest BCUT2D eigenvalue weighted by molar-refractivity contribution is -0.141. The maximum atomic E-state index is 13.3. The van der Waals surface area contributed by atoms with Gasteiger partial charge >= 0.3 is 6.18 Å². The zero-order valence-corrected chi connectivity index (χ0v) is 22.1. The van der Waals surface area contributed by atoms with Gasteiger partial charge in [0.05, 0.1) is 46.1 Å². The van der Waals surface area contributed by atoms with E-state index in [1.165, 1.54) is 18.7 Å². The van der Waals surface area contributed by atoms with Crippen LogP contribution in [0.5, 0.6) is 5.75 Å². The number of carbonyl (C=O) groups is 1. The molecule has 2 heterocycles. The third-order valence-corrected chi connectivity index (χ3v) is 7.34. The molecule has 1 aromatic carbocycles. The number of aromatic nitrogens is 2. The second-order valence-corrected chi connectivity index (χ2v) is 10.2. The number of carbonyl (C=O) groups excluding carboxylic acids is 1. The SMILES string of the molecule is COc1cc(N2CCC(C(Cn3nc(C(F)(F)F)c(Cl)c3C)NC(=O)C(C)C)CC2)c(Cl)cc1Cl. The molecule has 35 heavy (non-hydrogen) atoms. The number of anilines is 1. The number of alkyl halides is 3. The van der Waals surface area contributed by atoms with Crippen LogP contribution in [0.25, 0.3) is 0 Å². The number of rotatable bonds is 7. The zero-order valence-electron chi connectivity index (χ0n) is 19.8. The van der Waals surface area contributed by atoms with Crippen LogP contribution in [-0.4, -0.2) is 41.9 Å². The average molecular weight is 556 g/mol. The van der Waals surface area contributed by atoms with Gasteiger partial charge in [0.25, 0.3) is 0 Å². The van der Waals surface area contributed by atoms with Crippen LogP contribution < -0.4 is 15.0 Å². The number of ether oxygens (including phenoxy) is 1. The summed E-state index contributed by atoms with van der Waals surface area (Å²) in [5.41, 5.74) is -0.120. The number of benzene rings is 1. The zero-order chi connectivity index (χ0) is 26.1. The highest BCUT2D eigenvalue weighted by Crippen LogP contribution is 2.39. The molecule has 1 N–H and O–H groups in total. The average Bonchev–Trinajstić information content (AvgIpc) is 3.07. The van der Waals surface area contributed by atoms with Crippen molar-refractivity contribution in [1.82, 2.24) is 15.1 Å². The monoisotopic (exact) mass is 554 g/mol. The van der Waals surface area contributed by atoms with E-state index in [9.17, 15) is 18.0 Å². The first-order valence-corrected chi connectivity index (χ1v) is 12.3. The summed E-state index contributed by atoms with van der Waals surface area (Å²) >= 11 is 18.5. The van der Waals surface area contributed by atoms with Gasteiger partial charge in [-0.3, -0.25) is 9.48 Å². The van der Waals surface area contributed by atoms with Gasteiger partial charge < -0.3 is 15.0 Å². The van der Waals surface area contributed by atoms with Crippen molar-refractivity contribution in [3.8, 4) is 5.75 Å². The Hall–Kier alpha value is -1.84. The minimum absolute atomic E-state index is 0.0126. The van der Waals surface area contributed by atoms with E-state index < -0.39 is 22.9 Å². The Morgan fingerprint density at radius 3 is 2.34 bits per heavy atom. The Morgan fingerprint density at radius 2 is 1.83 bits per heavy atom. The second-order valence-electron chi connectivity index (χ2n) is 8.96. The molecule has 1 fully saturated rings. The number of halogens is 6. The van der Waals surface area contributed by atoms with Gasteiger partial charge in [0.2, 0.25) is 5.91 Å². The summed E-state index contributed by atoms with van der Waals surface area (Å²) in [5, 5.41) is 7.23. The largest absolute Gasteiger partial charge is 0.495 e. The van der Waals surface area contributed by atoms with E-state index in [0.29, 0.717) is 41.7 Å². The highest BCUT2D eigenvalue weighted by Gasteiger charge is 2.39. The number of hydrogen-bond acceptors (Lipinski definition) is 4. The van der Waals surface area contributed by atoms with Crippen molar-refractivity contribution in [2.45, 2.75) is 52.4 Å². The molecular weight excluding hydrogens is 528 g/mol. The molecule has 1 amide bonds. The fourth-order valence-corrected chi connectivity index (χ4v) is 5.01. The van der Waals surface area contributed by atoms with E-state index in [4.69, 9.17) is 39.5 Å². The molecule has 1 atom stereocenters. The summed E-state index contributed by atoms with van der Waals surface area (Å²) in [6.45, 7) is 6.38. The molecule has 6 nitrogen and oxygen atoms in total. The smallest absolute Gasteiger partial charge is 0.436 e. The molecule has 1 aliphatic heterocycles. The van der Waals surface area contributed by atoms with Gasteiger partial charge in [-0.25, -0.2) is 0 Å². The first kappa shape index (κ1) is 27.7. The first-order chi connectivity index (χ1) is 16.3. The van der Waals surface area contributed by atoms with E-state index in [1.54, 1.807) is 26.0 Å². The summed E-state index contributed by atoms with van der Waals surface area (Å²) in [4.78, 5) is 14.6. The number of nitrogens with one attached hydrogen (secondary N) is 1. The second kappa shape index (κ2) is 11.0. The van der Waals surface area contributed by atoms with Crippen molar-refractivity contribution in [2.75, 3.05) is 25.1 Å². The van der Waals surface area contributed by atoms with E-state index in [2.05, 4.69) is 15.3 Å². The topological polar surface area (TPSA) is 59.4 Å². The predicted octanol–water partition coefficient (Wildman–Crippen LogP) is 6.24. The lowest BCUT2D eigenvalue weighted by Crippen LogP contribution is -2.48. The Labute approximate surface area is 217 Å². The van der Waals surface area contributed by atoms with Crippen LogP contribution in [0.15, 0.2) is 12.1 Å². The van der Waals surface area contributed by atoms with Crippen LogP contribution in [-0.2, 0) is 17.5 Å². The molecule has 0 aliphatic carbocycles. The predicted molar refractivity (Wildman–Crippen MR) is 132 cm³/mol. The highest BCUT2D eigenvalue weighted by atomic mass is 35.5. The number of methoxy groups -OCH3 is 1. The van der Waals surface area contributed by atoms with Crippen LogP contribution >= 0.6 is 34.8 Å². The third kappa shape index (κ3) is 6.30. The Bertz CT molecular complexity index is 1070. The standard InChI is InChI=1S/C23H28Cl3F3N4O2/c1-12(2)22(34)30-17(11-33-13(3)20(26)21(31-33)23(27,28)29)14-5-7-32(8-6-14)18-10-19(35-4)16(25)9-15(18)24/h9-10,12,14,17H,5-8,11H2,1-4H3,(H,30,34). The summed E-state index contributed by atoms with van der Waals surface area (Å²) in [5.74, 6) is 0.0845. The molecule has 1 aromatic heterocycles. The van der Waals surface area contributed by atoms with Crippen LogP contribution in [0, 0.1) is 18.8 Å². The maximum Gasteiger partial charge on any atom is 0.436 e. The van der Waals surface area contributed by atoms with Gasteiger partial charge in [0.15, 0.2) is 5.69 Å². The van der Waals surface area contributed by atoms with E-state index in [-0.39, 0.29) is 30.0 Å². The third-order valence-electron chi connectivity index (χ3n) is 6.29. The molecule has 0 spiro atoms. The number of hydrogen-bond donors (Lipinski definition) is 1. The summed E-state index contributed by atoms with van der Waals surface area (Å²) in [6, 6.07) is 3.01. The van der Waals surface area contributed by atoms with Gasteiger partial charge in [-0.15, -0.1) is 0 Å². The van der Waals surface area contributed by atoms with Gasteiger partial charge in [-0.2, -0.15) is 18.3 Å². The van der Waals surface area contributed by atoms with E-state index in [1.807, 2.05) is 0 Å². The molecule has 0 bridgehead atoms. The van der Waals surface area contributed by atoms with E-state index in [0.717, 1.165) is 5.69 Å². The van der Waals surface area contributed by atoms with Crippen LogP contribution in [0.3, 0.4) is 0 Å². The minimum Gasteiger partial charge on any atom is -0.495 e. The highest BCUT2D eigenvalue weighted by molar-refractivity contribution is 6.37. The van der Waals surface area contributed by atoms with Crippen molar-refractivity contribution in [2.24, 2.45) is 11.8 Å². The van der Waals surface area contributed by atoms with Gasteiger partial charge in [-0.1, -0.05) is 48.7 Å². The minimum atomic E-state index is -4.66. The van der Waals surface area contributed by atoms with Gasteiger partial charge in [0.1, 0.15) is 5.75 Å². The van der Waals surface area contributed by atoms with Crippen molar-refractivity contribution in [1.29, 1.82) is 0 Å². The molecule has 1 unspecified atom stereocenters. The van der Waals surface area contributed by atoms with Crippen LogP contribution in [0.1, 0.15) is 38.1 Å². The number of piperidine rings is 1. The normalized spacial score (nSPS) is 16.0. The van der Waals surface area contributed by atoms with Gasteiger partial charge in [0, 0.05) is 25.1 Å². The van der Waals surface area contributed by atoms with E-state index >= 15 is 0 Å². The Morgan fingerprint density at radius 1 is 1.20 bits per heavy atom. The molecule has 2 aromatic rings. The van der Waals surface area contributed by atoms with Crippen LogP contribution in [0.4, 0.5) is 18.9 Å². The molecule has 1 aliphatic rings. The maximum absolute atomic E-state index is 13.3. The first-order valence-electron chi connectivity index (χ1n) is 11.2. The van der Waals surface area contributed by atoms with Crippen molar-refractivity contribution >= 4 is 46.4 Å². The summed E-state index contributed by atoms with van der Waals surface area (Å²) < 4.78 is 46.5. The Kier molecular flexibility index (Phi) is 8.76. The molecule has 3 rings (SSSR count). The molecule has 194 valence electrons. The number of amides is 1. The fourth-order valence-electron chi connectivity index (χ4n) is 4.19. The lowest BCUT2D eigenvalue weighted by atomic mass is 9.88. The van der Waals surface area contributed by atoms with Crippen molar-refractivity contribution in [3.05, 3.63) is 38.6 Å². The number of nitrogens with zero attached hydrogens (tertiary/aromatic N) is 3. The summed E-state index contributed by atoms with van der Waals surface area (Å²) in [7, 11) is 1.53. The Balaban J connectivity index is 1.81. The van der Waals surface area contributed by atoms with Crippen molar-refractivity contribution < 1.29 is 22.7 Å². The summed E-state index contributed by atoms with van der Waals surface area (Å²) in [6.07, 6.45) is -3.29. The van der Waals surface area contributed by atoms with Gasteiger partial charge in [-0.05, 0) is 31.7 Å². The molecule has 0 saturated carbocycles. The fraction of sp³-hybridized carbons (Fsp3) is 0.565. The molecule has 12 heteroatoms. The molecule has 1 saturated heterocycles. The molecular formula is C23H28Cl3F3N4O2. The van der Waals surface area contributed by atoms with Crippen LogP contribution in [0.2, 0.25) is 15.1 Å². The lowest BCUT2D eigenvalue weighted by Gasteiger charge is -2.38.